The van der Waals surface area contributed by atoms with E-state index in [-0.39, 0.29) is 5.91 Å². The highest BCUT2D eigenvalue weighted by atomic mass is 35.5. The minimum Gasteiger partial charge on any atom is -0.336 e. The van der Waals surface area contributed by atoms with Gasteiger partial charge in [-0.05, 0) is 26.0 Å². The summed E-state index contributed by atoms with van der Waals surface area (Å²) in [5, 5.41) is 0.715. The van der Waals surface area contributed by atoms with Gasteiger partial charge in [0.2, 0.25) is 0 Å². The first-order valence-corrected chi connectivity index (χ1v) is 8.59. The van der Waals surface area contributed by atoms with Crippen LogP contribution in [0.1, 0.15) is 26.6 Å². The first-order valence-electron chi connectivity index (χ1n) is 7.02. The number of rotatable bonds is 3. The number of thiazole rings is 1. The molecule has 1 amide bonds. The molecule has 7 heteroatoms. The van der Waals surface area contributed by atoms with E-state index < -0.39 is 0 Å². The number of hydrogen-bond donors (Lipinski definition) is 0. The third kappa shape index (κ3) is 2.96. The van der Waals surface area contributed by atoms with Crippen LogP contribution in [0.2, 0.25) is 10.0 Å². The minimum absolute atomic E-state index is 0.207. The summed E-state index contributed by atoms with van der Waals surface area (Å²) in [4.78, 5) is 21.0. The largest absolute Gasteiger partial charge is 0.336 e. The van der Waals surface area contributed by atoms with Crippen LogP contribution in [0.15, 0.2) is 24.4 Å². The van der Waals surface area contributed by atoms with E-state index in [1.807, 2.05) is 24.4 Å². The van der Waals surface area contributed by atoms with Crippen molar-refractivity contribution in [3.63, 3.8) is 0 Å². The molecule has 0 aliphatic carbocycles. The number of fused-ring (bicyclic) bond motifs is 1. The third-order valence-electron chi connectivity index (χ3n) is 3.65. The van der Waals surface area contributed by atoms with Crippen LogP contribution >= 0.6 is 34.5 Å². The van der Waals surface area contributed by atoms with E-state index in [1.165, 1.54) is 4.88 Å². The molecule has 0 N–H and O–H groups in total. The summed E-state index contributed by atoms with van der Waals surface area (Å²) in [6.07, 6.45) is 2.04. The second-order valence-electron chi connectivity index (χ2n) is 5.40. The average molecular weight is 368 g/mol. The zero-order valence-electron chi connectivity index (χ0n) is 12.9. The number of amides is 1. The van der Waals surface area contributed by atoms with E-state index in [0.717, 1.165) is 16.3 Å². The topological polar surface area (TPSA) is 37.6 Å². The molecule has 120 valence electrons. The fourth-order valence-electron chi connectivity index (χ4n) is 2.49. The molecule has 0 fully saturated rings. The van der Waals surface area contributed by atoms with Crippen LogP contribution in [0.4, 0.5) is 0 Å². The van der Waals surface area contributed by atoms with Gasteiger partial charge in [0.1, 0.15) is 0 Å². The first kappa shape index (κ1) is 16.3. The van der Waals surface area contributed by atoms with Crippen molar-refractivity contribution in [1.82, 2.24) is 14.3 Å². The number of benzene rings is 1. The van der Waals surface area contributed by atoms with Gasteiger partial charge in [-0.2, -0.15) is 0 Å². The molecule has 3 rings (SSSR count). The average Bonchev–Trinajstić information content (AvgIpc) is 2.96. The molecule has 0 unspecified atom stereocenters. The van der Waals surface area contributed by atoms with Crippen LogP contribution < -0.4 is 0 Å². The summed E-state index contributed by atoms with van der Waals surface area (Å²) in [6, 6.07) is 5.05. The number of hydrogen-bond acceptors (Lipinski definition) is 3. The van der Waals surface area contributed by atoms with Crippen LogP contribution in [-0.2, 0) is 6.54 Å². The second-order valence-corrected chi connectivity index (χ2v) is 7.42. The third-order valence-corrected chi connectivity index (χ3v) is 5.18. The van der Waals surface area contributed by atoms with Crippen molar-refractivity contribution in [2.45, 2.75) is 20.4 Å². The number of aromatic nitrogens is 2. The number of carbonyl (C=O) groups is 1. The maximum atomic E-state index is 12.7. The van der Waals surface area contributed by atoms with E-state index in [1.54, 1.807) is 41.5 Å². The fourth-order valence-corrected chi connectivity index (χ4v) is 3.94. The molecule has 0 atom stereocenters. The fraction of sp³-hybridized carbons (Fsp3) is 0.250. The molecule has 1 aromatic carbocycles. The molecule has 0 bridgehead atoms. The Bertz CT molecular complexity index is 880. The molecule has 0 radical (unpaired) electrons. The molecule has 4 nitrogen and oxygen atoms in total. The Morgan fingerprint density at radius 3 is 2.61 bits per heavy atom. The molecule has 0 aliphatic rings. The quantitative estimate of drug-likeness (QED) is 0.678. The van der Waals surface area contributed by atoms with Crippen LogP contribution in [0.25, 0.3) is 4.96 Å². The molecule has 0 saturated heterocycles. The van der Waals surface area contributed by atoms with Crippen LogP contribution in [-0.4, -0.2) is 27.2 Å². The van der Waals surface area contributed by atoms with Crippen LogP contribution in [0.3, 0.4) is 0 Å². The lowest BCUT2D eigenvalue weighted by atomic mass is 10.2. The van der Waals surface area contributed by atoms with Crippen molar-refractivity contribution < 1.29 is 4.79 Å². The van der Waals surface area contributed by atoms with Crippen molar-refractivity contribution in [1.29, 1.82) is 0 Å². The molecule has 2 heterocycles. The van der Waals surface area contributed by atoms with E-state index in [9.17, 15) is 4.79 Å². The number of carbonyl (C=O) groups excluding carboxylic acids is 1. The highest BCUT2D eigenvalue weighted by Crippen LogP contribution is 2.27. The molecule has 3 aromatic rings. The van der Waals surface area contributed by atoms with E-state index in [0.29, 0.717) is 22.2 Å². The van der Waals surface area contributed by atoms with Gasteiger partial charge in [0.15, 0.2) is 4.96 Å². The van der Waals surface area contributed by atoms with Crippen LogP contribution in [0.5, 0.6) is 0 Å². The van der Waals surface area contributed by atoms with E-state index in [2.05, 4.69) is 4.98 Å². The van der Waals surface area contributed by atoms with E-state index >= 15 is 0 Å². The zero-order chi connectivity index (χ0) is 16.7. The van der Waals surface area contributed by atoms with Crippen molar-refractivity contribution >= 4 is 45.4 Å². The predicted molar refractivity (Wildman–Crippen MR) is 94.8 cm³/mol. The summed E-state index contributed by atoms with van der Waals surface area (Å²) >= 11 is 13.9. The standard InChI is InChI=1S/C16H15Cl2N3OS/c1-9-7-21-13(10(2)19-16(21)23-9)8-20(3)15(22)14-11(17)5-4-6-12(14)18/h4-7H,8H2,1-3H3. The molecule has 2 aromatic heterocycles. The Kier molecular flexibility index (Phi) is 4.36. The summed E-state index contributed by atoms with van der Waals surface area (Å²) in [5.74, 6) is -0.207. The highest BCUT2D eigenvalue weighted by molar-refractivity contribution is 7.17. The minimum atomic E-state index is -0.207. The van der Waals surface area contributed by atoms with Crippen molar-refractivity contribution in [2.75, 3.05) is 7.05 Å². The normalized spacial score (nSPS) is 11.2. The summed E-state index contributed by atoms with van der Waals surface area (Å²) in [7, 11) is 1.74. The summed E-state index contributed by atoms with van der Waals surface area (Å²) < 4.78 is 2.04. The zero-order valence-corrected chi connectivity index (χ0v) is 15.3. The maximum Gasteiger partial charge on any atom is 0.256 e. The number of aryl methyl sites for hydroxylation is 2. The molecule has 0 spiro atoms. The molecule has 0 aliphatic heterocycles. The molecule has 23 heavy (non-hydrogen) atoms. The Morgan fingerprint density at radius 1 is 1.30 bits per heavy atom. The lowest BCUT2D eigenvalue weighted by Gasteiger charge is -2.18. The van der Waals surface area contributed by atoms with Crippen molar-refractivity contribution in [3.8, 4) is 0 Å². The maximum absolute atomic E-state index is 12.7. The Labute approximate surface area is 148 Å². The van der Waals surface area contributed by atoms with Gasteiger partial charge in [-0.3, -0.25) is 9.20 Å². The molecular weight excluding hydrogens is 353 g/mol. The van der Waals surface area contributed by atoms with Gasteiger partial charge in [-0.15, -0.1) is 11.3 Å². The molecular formula is C16H15Cl2N3OS. The monoisotopic (exact) mass is 367 g/mol. The van der Waals surface area contributed by atoms with Crippen molar-refractivity contribution in [3.05, 3.63) is 56.3 Å². The Balaban J connectivity index is 1.92. The number of nitrogens with zero attached hydrogens (tertiary/aromatic N) is 3. The second kappa shape index (κ2) is 6.15. The smallest absolute Gasteiger partial charge is 0.256 e. The highest BCUT2D eigenvalue weighted by Gasteiger charge is 2.21. The molecule has 0 saturated carbocycles. The van der Waals surface area contributed by atoms with Crippen molar-refractivity contribution in [2.24, 2.45) is 0 Å². The van der Waals surface area contributed by atoms with Gasteiger partial charge in [0.05, 0.1) is 33.5 Å². The van der Waals surface area contributed by atoms with Gasteiger partial charge in [-0.1, -0.05) is 29.3 Å². The van der Waals surface area contributed by atoms with E-state index in [4.69, 9.17) is 23.2 Å². The first-order chi connectivity index (χ1) is 10.9. The lowest BCUT2D eigenvalue weighted by Crippen LogP contribution is -2.27. The SMILES string of the molecule is Cc1cn2c(CN(C)C(=O)c3c(Cl)cccc3Cl)c(C)nc2s1. The van der Waals surface area contributed by atoms with Gasteiger partial charge in [-0.25, -0.2) is 4.98 Å². The van der Waals surface area contributed by atoms with Gasteiger partial charge < -0.3 is 4.90 Å². The lowest BCUT2D eigenvalue weighted by molar-refractivity contribution is 0.0783. The number of imidazole rings is 1. The summed E-state index contributed by atoms with van der Waals surface area (Å²) in [5.41, 5.74) is 2.24. The number of halogens is 2. The van der Waals surface area contributed by atoms with Gasteiger partial charge in [0, 0.05) is 18.1 Å². The Hall–Kier alpha value is -1.56. The van der Waals surface area contributed by atoms with Gasteiger partial charge in [0.25, 0.3) is 5.91 Å². The Morgan fingerprint density at radius 2 is 1.96 bits per heavy atom. The summed E-state index contributed by atoms with van der Waals surface area (Å²) in [6.45, 7) is 4.42. The van der Waals surface area contributed by atoms with Crippen LogP contribution in [0, 0.1) is 13.8 Å². The predicted octanol–water partition coefficient (Wildman–Crippen LogP) is 4.59. The van der Waals surface area contributed by atoms with Gasteiger partial charge >= 0.3 is 0 Å².